The minimum Gasteiger partial charge on any atom is -0.234 e. The summed E-state index contributed by atoms with van der Waals surface area (Å²) in [4.78, 5) is 10.6. The molecule has 2 aromatic rings. The maximum atomic E-state index is 10.6. The molecule has 0 spiro atoms. The predicted octanol–water partition coefficient (Wildman–Crippen LogP) is 2.19. The van der Waals surface area contributed by atoms with Crippen molar-refractivity contribution in [3.05, 3.63) is 58.8 Å². The van der Waals surface area contributed by atoms with E-state index in [0.717, 1.165) is 10.2 Å². The van der Waals surface area contributed by atoms with Gasteiger partial charge in [-0.05, 0) is 12.1 Å². The highest BCUT2D eigenvalue weighted by Crippen LogP contribution is 2.18. The van der Waals surface area contributed by atoms with E-state index in [0.29, 0.717) is 5.69 Å². The summed E-state index contributed by atoms with van der Waals surface area (Å²) < 4.78 is 1.01. The van der Waals surface area contributed by atoms with E-state index in [9.17, 15) is 10.1 Å². The van der Waals surface area contributed by atoms with E-state index in [1.54, 1.807) is 12.1 Å². The molecule has 4 nitrogen and oxygen atoms in total. The molecule has 0 atom stereocenters. The van der Waals surface area contributed by atoms with Gasteiger partial charge < -0.3 is 0 Å². The zero-order chi connectivity index (χ0) is 9.97. The number of hydrogen-bond donors (Lipinski definition) is 0. The number of hydrogen-bond acceptors (Lipinski definition) is 2. The van der Waals surface area contributed by atoms with E-state index < -0.39 is 5.03 Å². The lowest BCUT2D eigenvalue weighted by atomic mass is 10.2. The lowest BCUT2D eigenvalue weighted by Gasteiger charge is -1.99. The Morgan fingerprint density at radius 2 is 1.79 bits per heavy atom. The summed E-state index contributed by atoms with van der Waals surface area (Å²) in [6.07, 6.45) is 1.43. The lowest BCUT2D eigenvalue weighted by molar-refractivity contribution is -0.540. The van der Waals surface area contributed by atoms with E-state index in [-0.39, 0.29) is 0 Å². The van der Waals surface area contributed by atoms with Crippen molar-refractivity contribution >= 4 is 0 Å². The van der Waals surface area contributed by atoms with Gasteiger partial charge in [0.15, 0.2) is 5.03 Å². The fourth-order valence-electron chi connectivity index (χ4n) is 1.35. The molecule has 14 heavy (non-hydrogen) atoms. The van der Waals surface area contributed by atoms with E-state index >= 15 is 0 Å². The Kier molecular flexibility index (Phi) is 2.02. The number of nitrogens with zero attached hydrogens (tertiary/aromatic N) is 2. The van der Waals surface area contributed by atoms with Crippen LogP contribution in [0.2, 0.25) is 0 Å². The van der Waals surface area contributed by atoms with Crippen LogP contribution in [0.4, 0.5) is 0 Å². The van der Waals surface area contributed by atoms with Crippen LogP contribution < -0.4 is 0 Å². The van der Waals surface area contributed by atoms with Crippen LogP contribution in [0.5, 0.6) is 0 Å². The van der Waals surface area contributed by atoms with Gasteiger partial charge in [-0.3, -0.25) is 0 Å². The normalized spacial score (nSPS) is 10.0. The molecule has 2 rings (SSSR count). The third-order valence-corrected chi connectivity index (χ3v) is 1.97. The molecule has 0 saturated carbocycles. The molecule has 1 aromatic heterocycles. The van der Waals surface area contributed by atoms with Crippen molar-refractivity contribution in [2.45, 2.75) is 0 Å². The van der Waals surface area contributed by atoms with Crippen molar-refractivity contribution in [3.8, 4) is 11.3 Å². The van der Waals surface area contributed by atoms with Crippen molar-refractivity contribution in [1.82, 2.24) is 4.68 Å². The molecule has 70 valence electrons. The first kappa shape index (κ1) is 8.50. The van der Waals surface area contributed by atoms with Gasteiger partial charge in [0, 0.05) is 5.56 Å². The lowest BCUT2D eigenvalue weighted by Crippen LogP contribution is -2.07. The van der Waals surface area contributed by atoms with E-state index in [2.05, 4.69) is 0 Å². The SMILES string of the molecule is O=[N+]([O-])n1cccc1-c1ccccc1. The smallest absolute Gasteiger partial charge is 0.169 e. The second-order valence-corrected chi connectivity index (χ2v) is 2.84. The Morgan fingerprint density at radius 3 is 2.43 bits per heavy atom. The second kappa shape index (κ2) is 3.33. The summed E-state index contributed by atoms with van der Waals surface area (Å²) >= 11 is 0. The molecule has 0 aliphatic heterocycles. The van der Waals surface area contributed by atoms with Crippen LogP contribution in [0.15, 0.2) is 48.7 Å². The Morgan fingerprint density at radius 1 is 1.07 bits per heavy atom. The predicted molar refractivity (Wildman–Crippen MR) is 52.3 cm³/mol. The quantitative estimate of drug-likeness (QED) is 0.535. The molecule has 0 N–H and O–H groups in total. The molecule has 0 aliphatic carbocycles. The minimum atomic E-state index is -0.442. The maximum Gasteiger partial charge on any atom is 0.169 e. The fourth-order valence-corrected chi connectivity index (χ4v) is 1.35. The van der Waals surface area contributed by atoms with Crippen LogP contribution >= 0.6 is 0 Å². The largest absolute Gasteiger partial charge is 0.234 e. The van der Waals surface area contributed by atoms with Gasteiger partial charge in [-0.2, -0.15) is 0 Å². The summed E-state index contributed by atoms with van der Waals surface area (Å²) in [6.45, 7) is 0. The summed E-state index contributed by atoms with van der Waals surface area (Å²) in [5, 5.41) is 10.2. The Bertz CT molecular complexity index is 448. The van der Waals surface area contributed by atoms with Crippen LogP contribution in [-0.4, -0.2) is 9.71 Å². The molecule has 0 unspecified atom stereocenters. The summed E-state index contributed by atoms with van der Waals surface area (Å²) in [5.74, 6) is 0. The van der Waals surface area contributed by atoms with E-state index in [4.69, 9.17) is 0 Å². The van der Waals surface area contributed by atoms with Gasteiger partial charge in [0.2, 0.25) is 0 Å². The molecular formula is C10H8N2O2. The molecular weight excluding hydrogens is 180 g/mol. The van der Waals surface area contributed by atoms with Crippen LogP contribution in [-0.2, 0) is 0 Å². The number of nitro groups is 1. The molecule has 0 saturated heterocycles. The van der Waals surface area contributed by atoms with Crippen molar-refractivity contribution in [1.29, 1.82) is 0 Å². The highest BCUT2D eigenvalue weighted by Gasteiger charge is 2.09. The van der Waals surface area contributed by atoms with Gasteiger partial charge in [-0.25, -0.2) is 10.1 Å². The third-order valence-electron chi connectivity index (χ3n) is 1.97. The Hall–Kier alpha value is -2.10. The monoisotopic (exact) mass is 188 g/mol. The molecule has 0 fully saturated rings. The van der Waals surface area contributed by atoms with Gasteiger partial charge in [-0.15, -0.1) is 0 Å². The first-order valence-corrected chi connectivity index (χ1v) is 4.16. The van der Waals surface area contributed by atoms with Crippen molar-refractivity contribution in [3.63, 3.8) is 0 Å². The van der Waals surface area contributed by atoms with Gasteiger partial charge >= 0.3 is 0 Å². The molecule has 0 amide bonds. The topological polar surface area (TPSA) is 48.1 Å². The summed E-state index contributed by atoms with van der Waals surface area (Å²) in [7, 11) is 0. The Labute approximate surface area is 80.5 Å². The molecule has 1 aromatic carbocycles. The van der Waals surface area contributed by atoms with Gasteiger partial charge in [0.1, 0.15) is 5.69 Å². The van der Waals surface area contributed by atoms with Crippen molar-refractivity contribution < 1.29 is 5.03 Å². The highest BCUT2D eigenvalue weighted by atomic mass is 16.7. The zero-order valence-corrected chi connectivity index (χ0v) is 7.33. The first-order valence-electron chi connectivity index (χ1n) is 4.16. The first-order chi connectivity index (χ1) is 6.79. The zero-order valence-electron chi connectivity index (χ0n) is 7.33. The molecule has 4 heteroatoms. The average Bonchev–Trinajstić information content (AvgIpc) is 2.67. The maximum absolute atomic E-state index is 10.6. The van der Waals surface area contributed by atoms with Gasteiger partial charge in [-0.1, -0.05) is 35.0 Å². The third kappa shape index (κ3) is 1.37. The van der Waals surface area contributed by atoms with Crippen LogP contribution in [0.1, 0.15) is 0 Å². The minimum absolute atomic E-state index is 0.442. The van der Waals surface area contributed by atoms with Gasteiger partial charge in [0.05, 0.1) is 6.20 Å². The molecule has 1 heterocycles. The molecule has 0 aliphatic rings. The molecule has 0 bridgehead atoms. The standard InChI is InChI=1S/C10H8N2O2/c13-12(14)11-8-4-7-10(11)9-5-2-1-3-6-9/h1-8H. The summed E-state index contributed by atoms with van der Waals surface area (Å²) in [5.41, 5.74) is 1.44. The second-order valence-electron chi connectivity index (χ2n) is 2.84. The van der Waals surface area contributed by atoms with E-state index in [1.807, 2.05) is 30.3 Å². The number of rotatable bonds is 2. The molecule has 0 radical (unpaired) electrons. The number of benzene rings is 1. The van der Waals surface area contributed by atoms with E-state index in [1.165, 1.54) is 6.20 Å². The van der Waals surface area contributed by atoms with Crippen molar-refractivity contribution in [2.75, 3.05) is 0 Å². The average molecular weight is 188 g/mol. The van der Waals surface area contributed by atoms with Crippen LogP contribution in [0.25, 0.3) is 11.3 Å². The van der Waals surface area contributed by atoms with Crippen molar-refractivity contribution in [2.24, 2.45) is 0 Å². The highest BCUT2D eigenvalue weighted by molar-refractivity contribution is 5.59. The van der Waals surface area contributed by atoms with Crippen LogP contribution in [0.3, 0.4) is 0 Å². The summed E-state index contributed by atoms with van der Waals surface area (Å²) in [6, 6.07) is 12.6. The van der Waals surface area contributed by atoms with Crippen LogP contribution in [0, 0.1) is 10.1 Å². The fraction of sp³-hybridized carbons (Fsp3) is 0. The van der Waals surface area contributed by atoms with Gasteiger partial charge in [0.25, 0.3) is 0 Å². The number of aromatic nitrogens is 1. The Balaban J connectivity index is 2.52.